The molecule has 2 aromatic rings. The number of hydrogen-bond acceptors (Lipinski definition) is 0. The van der Waals surface area contributed by atoms with E-state index < -0.39 is 8.07 Å². The molecule has 0 spiro atoms. The summed E-state index contributed by atoms with van der Waals surface area (Å²) in [6.45, 7) is 10.00. The topological polar surface area (TPSA) is 0 Å². The Hall–Kier alpha value is -3.42. The molecule has 6 rings (SSSR count). The van der Waals surface area contributed by atoms with Gasteiger partial charge in [0.1, 0.15) is 8.07 Å². The molecule has 0 saturated carbocycles. The van der Waals surface area contributed by atoms with Crippen LogP contribution in [-0.2, 0) is 0 Å². The van der Waals surface area contributed by atoms with Gasteiger partial charge in [-0.3, -0.25) is 0 Å². The van der Waals surface area contributed by atoms with Crippen LogP contribution in [0.25, 0.3) is 0 Å². The van der Waals surface area contributed by atoms with Crippen LogP contribution in [0.3, 0.4) is 0 Å². The molecule has 184 valence electrons. The van der Waals surface area contributed by atoms with Crippen LogP contribution in [-0.4, -0.2) is 8.07 Å². The molecule has 0 aromatic heterocycles. The summed E-state index contributed by atoms with van der Waals surface area (Å²) in [6.07, 6.45) is 20.8. The van der Waals surface area contributed by atoms with E-state index in [0.29, 0.717) is 11.8 Å². The Morgan fingerprint density at radius 1 is 0.568 bits per heavy atom. The second-order valence-electron chi connectivity index (χ2n) is 11.4. The van der Waals surface area contributed by atoms with Gasteiger partial charge in [0.2, 0.25) is 0 Å². The van der Waals surface area contributed by atoms with Gasteiger partial charge < -0.3 is 0 Å². The molecule has 2 aromatic carbocycles. The molecule has 0 saturated heterocycles. The lowest BCUT2D eigenvalue weighted by Crippen LogP contribution is -2.34. The largest absolute Gasteiger partial charge is 0.113 e. The number of allylic oxidation sites excluding steroid dienone is 16. The first-order valence-electron chi connectivity index (χ1n) is 13.6. The van der Waals surface area contributed by atoms with Gasteiger partial charge in [-0.1, -0.05) is 134 Å². The second-order valence-corrected chi connectivity index (χ2v) is 15.7. The van der Waals surface area contributed by atoms with Crippen LogP contribution in [0.5, 0.6) is 0 Å². The SMILES string of the molecule is CC1=C([Si](C)(C)C2=C(C)CC3=C2C=CC=CC3c2ccccc2)C2=C(C1)C(c1ccccc1)C=CC=C2. The molecule has 0 heterocycles. The Morgan fingerprint density at radius 2 is 0.973 bits per heavy atom. The molecule has 0 radical (unpaired) electrons. The molecule has 2 unspecified atom stereocenters. The number of hydrogen-bond donors (Lipinski definition) is 0. The minimum absolute atomic E-state index is 0.348. The molecule has 0 amide bonds. The normalized spacial score (nSPS) is 23.1. The molecule has 0 bridgehead atoms. The first kappa shape index (κ1) is 23.9. The highest BCUT2D eigenvalue weighted by Crippen LogP contribution is 2.52. The third kappa shape index (κ3) is 4.06. The van der Waals surface area contributed by atoms with Gasteiger partial charge in [0.25, 0.3) is 0 Å². The third-order valence-corrected chi connectivity index (χ3v) is 12.6. The summed E-state index contributed by atoms with van der Waals surface area (Å²) in [7, 11) is -2.00. The summed E-state index contributed by atoms with van der Waals surface area (Å²) >= 11 is 0. The van der Waals surface area contributed by atoms with Crippen molar-refractivity contribution in [2.24, 2.45) is 0 Å². The Balaban J connectivity index is 1.45. The molecule has 0 nitrogen and oxygen atoms in total. The lowest BCUT2D eigenvalue weighted by atomic mass is 9.88. The van der Waals surface area contributed by atoms with Crippen molar-refractivity contribution in [2.75, 3.05) is 0 Å². The zero-order valence-electron chi connectivity index (χ0n) is 22.5. The maximum atomic E-state index is 2.60. The van der Waals surface area contributed by atoms with E-state index in [2.05, 4.69) is 136 Å². The Morgan fingerprint density at radius 3 is 1.38 bits per heavy atom. The van der Waals surface area contributed by atoms with Crippen molar-refractivity contribution >= 4 is 8.07 Å². The third-order valence-electron chi connectivity index (χ3n) is 8.67. The van der Waals surface area contributed by atoms with Crippen molar-refractivity contribution in [1.29, 1.82) is 0 Å². The summed E-state index contributed by atoms with van der Waals surface area (Å²) < 4.78 is 0. The van der Waals surface area contributed by atoms with Crippen LogP contribution in [0.15, 0.2) is 153 Å². The van der Waals surface area contributed by atoms with E-state index >= 15 is 0 Å². The van der Waals surface area contributed by atoms with Crippen LogP contribution in [0.1, 0.15) is 49.7 Å². The molecular weight excluding hydrogens is 460 g/mol. The smallest absolute Gasteiger partial charge is 0.0729 e. The lowest BCUT2D eigenvalue weighted by molar-refractivity contribution is 0.933. The summed E-state index contributed by atoms with van der Waals surface area (Å²) in [6, 6.07) is 22.1. The van der Waals surface area contributed by atoms with Crippen LogP contribution >= 0.6 is 0 Å². The second kappa shape index (κ2) is 9.47. The summed E-state index contributed by atoms with van der Waals surface area (Å²) in [5.74, 6) is 0.697. The standard InChI is InChI=1S/C36H36Si/c1-25-23-33-29(27-15-7-5-8-16-27)19-11-13-21-31(33)35(25)37(3,4)36-26(2)24-34-30(20-12-14-22-32(34)36)28-17-9-6-10-18-28/h5-22,29-30H,23-24H2,1-4H3. The van der Waals surface area contributed by atoms with Crippen LogP contribution in [0.4, 0.5) is 0 Å². The minimum atomic E-state index is -2.00. The zero-order valence-corrected chi connectivity index (χ0v) is 23.5. The summed E-state index contributed by atoms with van der Waals surface area (Å²) in [5.41, 5.74) is 12.1. The van der Waals surface area contributed by atoms with Crippen LogP contribution in [0.2, 0.25) is 13.1 Å². The van der Waals surface area contributed by atoms with Crippen molar-refractivity contribution in [3.05, 3.63) is 164 Å². The Bertz CT molecular complexity index is 1370. The Labute approximate surface area is 223 Å². The number of benzene rings is 2. The molecule has 4 aliphatic rings. The van der Waals surface area contributed by atoms with Gasteiger partial charge in [0.15, 0.2) is 0 Å². The van der Waals surface area contributed by atoms with Crippen molar-refractivity contribution in [1.82, 2.24) is 0 Å². The predicted octanol–water partition coefficient (Wildman–Crippen LogP) is 9.63. The van der Waals surface area contributed by atoms with E-state index in [1.165, 1.54) is 22.3 Å². The fraction of sp³-hybridized carbons (Fsp3) is 0.222. The van der Waals surface area contributed by atoms with Crippen molar-refractivity contribution in [2.45, 2.75) is 51.6 Å². The quantitative estimate of drug-likeness (QED) is 0.370. The van der Waals surface area contributed by atoms with Gasteiger partial charge in [-0.05, 0) is 70.5 Å². The molecule has 2 atom stereocenters. The van der Waals surface area contributed by atoms with Crippen LogP contribution in [0, 0.1) is 0 Å². The van der Waals surface area contributed by atoms with Gasteiger partial charge in [0.05, 0.1) is 0 Å². The molecule has 4 aliphatic carbocycles. The molecule has 37 heavy (non-hydrogen) atoms. The first-order chi connectivity index (χ1) is 18.0. The van der Waals surface area contributed by atoms with E-state index in [1.807, 2.05) is 0 Å². The fourth-order valence-electron chi connectivity index (χ4n) is 7.35. The molecule has 0 fully saturated rings. The van der Waals surface area contributed by atoms with Gasteiger partial charge in [-0.25, -0.2) is 0 Å². The first-order valence-corrected chi connectivity index (χ1v) is 16.6. The molecule has 0 aliphatic heterocycles. The van der Waals surface area contributed by atoms with Crippen molar-refractivity contribution in [3.8, 4) is 0 Å². The molecule has 0 N–H and O–H groups in total. The van der Waals surface area contributed by atoms with Gasteiger partial charge in [0, 0.05) is 11.8 Å². The molecule has 1 heteroatoms. The number of rotatable bonds is 4. The minimum Gasteiger partial charge on any atom is -0.0729 e. The highest BCUT2D eigenvalue weighted by molar-refractivity contribution is 6.92. The average molecular weight is 497 g/mol. The predicted molar refractivity (Wildman–Crippen MR) is 161 cm³/mol. The lowest BCUT2D eigenvalue weighted by Gasteiger charge is -2.31. The van der Waals surface area contributed by atoms with E-state index in [1.54, 1.807) is 32.7 Å². The fourth-order valence-corrected chi connectivity index (χ4v) is 11.7. The monoisotopic (exact) mass is 496 g/mol. The highest BCUT2D eigenvalue weighted by atomic mass is 28.3. The maximum Gasteiger partial charge on any atom is 0.113 e. The van der Waals surface area contributed by atoms with E-state index in [-0.39, 0.29) is 0 Å². The van der Waals surface area contributed by atoms with Crippen LogP contribution < -0.4 is 0 Å². The average Bonchev–Trinajstić information content (AvgIpc) is 3.23. The zero-order chi connectivity index (χ0) is 25.6. The van der Waals surface area contributed by atoms with Gasteiger partial charge >= 0.3 is 0 Å². The molecular formula is C36H36Si. The van der Waals surface area contributed by atoms with E-state index in [4.69, 9.17) is 0 Å². The van der Waals surface area contributed by atoms with Crippen molar-refractivity contribution in [3.63, 3.8) is 0 Å². The van der Waals surface area contributed by atoms with Crippen molar-refractivity contribution < 1.29 is 0 Å². The highest BCUT2D eigenvalue weighted by Gasteiger charge is 2.43. The maximum absolute atomic E-state index is 2.60. The summed E-state index contributed by atoms with van der Waals surface area (Å²) in [4.78, 5) is 0. The van der Waals surface area contributed by atoms with Gasteiger partial charge in [-0.15, -0.1) is 0 Å². The van der Waals surface area contributed by atoms with E-state index in [9.17, 15) is 0 Å². The Kier molecular flexibility index (Phi) is 6.13. The summed E-state index contributed by atoms with van der Waals surface area (Å²) in [5, 5.41) is 3.32. The van der Waals surface area contributed by atoms with Gasteiger partial charge in [-0.2, -0.15) is 0 Å². The van der Waals surface area contributed by atoms with E-state index in [0.717, 1.165) is 12.8 Å².